The number of anilines is 1. The van der Waals surface area contributed by atoms with Crippen molar-refractivity contribution in [3.63, 3.8) is 0 Å². The number of nitriles is 2. The maximum atomic E-state index is 9.50. The van der Waals surface area contributed by atoms with Gasteiger partial charge >= 0.3 is 0 Å². The SMILES string of the molecule is CSc1nc2c(C#N)cnn2c(NCc2ccccc2)c1C#N. The molecular formula is C16H12N6S. The predicted molar refractivity (Wildman–Crippen MR) is 88.0 cm³/mol. The van der Waals surface area contributed by atoms with Crippen LogP contribution in [-0.2, 0) is 6.54 Å². The Morgan fingerprint density at radius 3 is 2.65 bits per heavy atom. The maximum Gasteiger partial charge on any atom is 0.176 e. The fourth-order valence-corrected chi connectivity index (χ4v) is 2.77. The van der Waals surface area contributed by atoms with E-state index in [9.17, 15) is 10.5 Å². The summed E-state index contributed by atoms with van der Waals surface area (Å²) in [4.78, 5) is 4.39. The summed E-state index contributed by atoms with van der Waals surface area (Å²) in [6.07, 6.45) is 3.31. The van der Waals surface area contributed by atoms with Crippen LogP contribution in [0.25, 0.3) is 5.65 Å². The van der Waals surface area contributed by atoms with E-state index in [1.54, 1.807) is 0 Å². The molecule has 3 aromatic rings. The smallest absolute Gasteiger partial charge is 0.176 e. The standard InChI is InChI=1S/C16H12N6S/c1-23-16-13(8-18)15(19-9-11-5-3-2-4-6-11)22-14(21-16)12(7-17)10-20-22/h2-6,10,19H,9H2,1H3. The molecule has 0 saturated heterocycles. The molecule has 1 aromatic carbocycles. The summed E-state index contributed by atoms with van der Waals surface area (Å²) in [7, 11) is 0. The number of nitrogens with zero attached hydrogens (tertiary/aromatic N) is 5. The third-order valence-corrected chi connectivity index (χ3v) is 4.02. The van der Waals surface area contributed by atoms with E-state index in [4.69, 9.17) is 0 Å². The van der Waals surface area contributed by atoms with Crippen molar-refractivity contribution in [1.82, 2.24) is 14.6 Å². The number of thioether (sulfide) groups is 1. The highest BCUT2D eigenvalue weighted by Crippen LogP contribution is 2.27. The molecule has 23 heavy (non-hydrogen) atoms. The van der Waals surface area contributed by atoms with E-state index in [1.165, 1.54) is 22.5 Å². The van der Waals surface area contributed by atoms with Crippen LogP contribution in [0.15, 0.2) is 41.6 Å². The van der Waals surface area contributed by atoms with E-state index >= 15 is 0 Å². The monoisotopic (exact) mass is 320 g/mol. The van der Waals surface area contributed by atoms with Gasteiger partial charge in [-0.25, -0.2) is 4.98 Å². The highest BCUT2D eigenvalue weighted by Gasteiger charge is 2.18. The molecule has 0 unspecified atom stereocenters. The molecule has 3 rings (SSSR count). The minimum absolute atomic E-state index is 0.382. The van der Waals surface area contributed by atoms with Crippen molar-refractivity contribution in [2.24, 2.45) is 0 Å². The molecule has 0 spiro atoms. The van der Waals surface area contributed by atoms with Crippen LogP contribution < -0.4 is 5.32 Å². The molecule has 0 fully saturated rings. The van der Waals surface area contributed by atoms with Gasteiger partial charge in [0.15, 0.2) is 11.5 Å². The molecule has 6 nitrogen and oxygen atoms in total. The minimum atomic E-state index is 0.382. The van der Waals surface area contributed by atoms with Gasteiger partial charge in [-0.2, -0.15) is 20.1 Å². The van der Waals surface area contributed by atoms with Gasteiger partial charge in [-0.1, -0.05) is 30.3 Å². The fraction of sp³-hybridized carbons (Fsp3) is 0.125. The molecule has 0 bridgehead atoms. The van der Waals surface area contributed by atoms with Gasteiger partial charge in [0.25, 0.3) is 0 Å². The quantitative estimate of drug-likeness (QED) is 0.587. The zero-order valence-electron chi connectivity index (χ0n) is 12.3. The Labute approximate surface area is 137 Å². The Hall–Kier alpha value is -3.03. The third-order valence-electron chi connectivity index (χ3n) is 3.34. The normalized spacial score (nSPS) is 10.2. The highest BCUT2D eigenvalue weighted by atomic mass is 32.2. The van der Waals surface area contributed by atoms with Gasteiger partial charge in [-0.15, -0.1) is 11.8 Å². The number of aromatic nitrogens is 3. The lowest BCUT2D eigenvalue weighted by molar-refractivity contribution is 0.897. The summed E-state index contributed by atoms with van der Waals surface area (Å²) >= 11 is 1.37. The molecule has 7 heteroatoms. The van der Waals surface area contributed by atoms with Gasteiger partial charge < -0.3 is 5.32 Å². The van der Waals surface area contributed by atoms with Crippen molar-refractivity contribution in [3.8, 4) is 12.1 Å². The maximum absolute atomic E-state index is 9.50. The zero-order chi connectivity index (χ0) is 16.2. The lowest BCUT2D eigenvalue weighted by Gasteiger charge is -2.12. The molecular weight excluding hydrogens is 308 g/mol. The van der Waals surface area contributed by atoms with Gasteiger partial charge in [-0.05, 0) is 11.8 Å². The topological polar surface area (TPSA) is 89.8 Å². The van der Waals surface area contributed by atoms with Crippen molar-refractivity contribution in [2.45, 2.75) is 11.6 Å². The van der Waals surface area contributed by atoms with E-state index in [1.807, 2.05) is 36.6 Å². The summed E-state index contributed by atoms with van der Waals surface area (Å²) in [5, 5.41) is 26.7. The first kappa shape index (κ1) is 14.9. The molecule has 0 aliphatic heterocycles. The second kappa shape index (κ2) is 6.39. The second-order valence-electron chi connectivity index (χ2n) is 4.70. The van der Waals surface area contributed by atoms with Gasteiger partial charge in [0, 0.05) is 6.54 Å². The Balaban J connectivity index is 2.11. The lowest BCUT2D eigenvalue weighted by atomic mass is 10.2. The van der Waals surface area contributed by atoms with Crippen LogP contribution in [-0.4, -0.2) is 20.9 Å². The first-order valence-electron chi connectivity index (χ1n) is 6.82. The Morgan fingerprint density at radius 1 is 1.22 bits per heavy atom. The van der Waals surface area contributed by atoms with E-state index in [-0.39, 0.29) is 0 Å². The number of nitrogens with one attached hydrogen (secondary N) is 1. The van der Waals surface area contributed by atoms with E-state index in [0.717, 1.165) is 5.56 Å². The minimum Gasteiger partial charge on any atom is -0.365 e. The highest BCUT2D eigenvalue weighted by molar-refractivity contribution is 7.98. The first-order chi connectivity index (χ1) is 11.3. The van der Waals surface area contributed by atoms with Gasteiger partial charge in [0.05, 0.1) is 6.20 Å². The van der Waals surface area contributed by atoms with Crippen LogP contribution >= 0.6 is 11.8 Å². The van der Waals surface area contributed by atoms with Gasteiger partial charge in [0.1, 0.15) is 28.3 Å². The molecule has 0 saturated carbocycles. The number of hydrogen-bond donors (Lipinski definition) is 1. The average molecular weight is 320 g/mol. The third kappa shape index (κ3) is 2.70. The largest absolute Gasteiger partial charge is 0.365 e. The zero-order valence-corrected chi connectivity index (χ0v) is 13.1. The van der Waals surface area contributed by atoms with E-state index < -0.39 is 0 Å². The Kier molecular flexibility index (Phi) is 4.13. The predicted octanol–water partition coefficient (Wildman–Crippen LogP) is 2.81. The summed E-state index contributed by atoms with van der Waals surface area (Å²) in [6, 6.07) is 14.1. The van der Waals surface area contributed by atoms with Crippen LogP contribution in [0.3, 0.4) is 0 Å². The van der Waals surface area contributed by atoms with E-state index in [2.05, 4.69) is 27.5 Å². The van der Waals surface area contributed by atoms with Crippen LogP contribution in [0.1, 0.15) is 16.7 Å². The second-order valence-corrected chi connectivity index (χ2v) is 5.50. The molecule has 0 amide bonds. The van der Waals surface area contributed by atoms with Crippen LogP contribution in [0.2, 0.25) is 0 Å². The lowest BCUT2D eigenvalue weighted by Crippen LogP contribution is -2.09. The molecule has 1 N–H and O–H groups in total. The summed E-state index contributed by atoms with van der Waals surface area (Å²) in [5.41, 5.74) is 2.34. The van der Waals surface area contributed by atoms with Gasteiger partial charge in [0.2, 0.25) is 0 Å². The molecule has 0 radical (unpaired) electrons. The number of benzene rings is 1. The molecule has 0 aliphatic rings. The van der Waals surface area contributed by atoms with E-state index in [0.29, 0.717) is 34.2 Å². The number of rotatable bonds is 4. The fourth-order valence-electron chi connectivity index (χ4n) is 2.24. The summed E-state index contributed by atoms with van der Waals surface area (Å²) in [5.74, 6) is 0.548. The summed E-state index contributed by atoms with van der Waals surface area (Å²) < 4.78 is 1.51. The first-order valence-corrected chi connectivity index (χ1v) is 8.04. The van der Waals surface area contributed by atoms with Crippen molar-refractivity contribution in [1.29, 1.82) is 10.5 Å². The van der Waals surface area contributed by atoms with Crippen molar-refractivity contribution in [3.05, 3.63) is 53.2 Å². The van der Waals surface area contributed by atoms with Crippen LogP contribution in [0.4, 0.5) is 5.82 Å². The molecule has 2 heterocycles. The van der Waals surface area contributed by atoms with Crippen molar-refractivity contribution >= 4 is 23.2 Å². The van der Waals surface area contributed by atoms with Gasteiger partial charge in [-0.3, -0.25) is 0 Å². The Bertz CT molecular complexity index is 933. The van der Waals surface area contributed by atoms with Crippen molar-refractivity contribution < 1.29 is 0 Å². The van der Waals surface area contributed by atoms with Crippen molar-refractivity contribution in [2.75, 3.05) is 11.6 Å². The number of hydrogen-bond acceptors (Lipinski definition) is 6. The summed E-state index contributed by atoms with van der Waals surface area (Å²) in [6.45, 7) is 0.546. The van der Waals surface area contributed by atoms with Crippen LogP contribution in [0.5, 0.6) is 0 Å². The van der Waals surface area contributed by atoms with Crippen LogP contribution in [0, 0.1) is 22.7 Å². The molecule has 112 valence electrons. The average Bonchev–Trinajstić information content (AvgIpc) is 3.02. The number of fused-ring (bicyclic) bond motifs is 1. The molecule has 0 atom stereocenters. The molecule has 2 aromatic heterocycles. The Morgan fingerprint density at radius 2 is 2.00 bits per heavy atom. The molecule has 0 aliphatic carbocycles.